The van der Waals surface area contributed by atoms with E-state index in [1.165, 1.54) is 16.8 Å². The lowest BCUT2D eigenvalue weighted by molar-refractivity contribution is 0.185. The first kappa shape index (κ1) is 20.5. The Kier molecular flexibility index (Phi) is 8.84. The molecule has 2 aromatic rings. The normalized spacial score (nSPS) is 11.1. The zero-order valence-electron chi connectivity index (χ0n) is 14.8. The highest BCUT2D eigenvalue weighted by atomic mass is 127. The molecular formula is C18H27IN4O. The Bertz CT molecular complexity index is 637. The minimum atomic E-state index is 0. The number of hydrogen-bond donors (Lipinski definition) is 1. The molecule has 6 heteroatoms. The van der Waals surface area contributed by atoms with Gasteiger partial charge in [-0.1, -0.05) is 24.3 Å². The second-order valence-electron chi connectivity index (χ2n) is 5.62. The third kappa shape index (κ3) is 5.83. The van der Waals surface area contributed by atoms with E-state index in [9.17, 15) is 0 Å². The SMILES string of the molecule is CN=C(NCc1ccc(COC)cc1)N(C)Cc1cccn1C.I. The number of halogens is 1. The Balaban J connectivity index is 0.00000288. The number of methoxy groups -OCH3 is 1. The van der Waals surface area contributed by atoms with Crippen LogP contribution in [0.1, 0.15) is 16.8 Å². The molecule has 0 atom stereocenters. The van der Waals surface area contributed by atoms with Gasteiger partial charge in [-0.05, 0) is 23.3 Å². The summed E-state index contributed by atoms with van der Waals surface area (Å²) in [5.74, 6) is 0.882. The number of nitrogens with one attached hydrogen (secondary N) is 1. The van der Waals surface area contributed by atoms with Gasteiger partial charge in [-0.2, -0.15) is 0 Å². The van der Waals surface area contributed by atoms with Gasteiger partial charge in [0.1, 0.15) is 0 Å². The summed E-state index contributed by atoms with van der Waals surface area (Å²) in [4.78, 5) is 6.48. The Morgan fingerprint density at radius 3 is 2.42 bits per heavy atom. The molecule has 0 bridgehead atoms. The highest BCUT2D eigenvalue weighted by molar-refractivity contribution is 14.0. The topological polar surface area (TPSA) is 41.8 Å². The van der Waals surface area contributed by atoms with Crippen LogP contribution in [-0.2, 0) is 31.5 Å². The van der Waals surface area contributed by atoms with Crippen LogP contribution in [0.15, 0.2) is 47.6 Å². The van der Waals surface area contributed by atoms with E-state index in [1.54, 1.807) is 7.11 Å². The van der Waals surface area contributed by atoms with Crippen molar-refractivity contribution in [3.8, 4) is 0 Å². The van der Waals surface area contributed by atoms with Crippen LogP contribution in [0.25, 0.3) is 0 Å². The summed E-state index contributed by atoms with van der Waals surface area (Å²) in [5, 5.41) is 3.40. The van der Waals surface area contributed by atoms with E-state index in [2.05, 4.69) is 69.4 Å². The smallest absolute Gasteiger partial charge is 0.194 e. The van der Waals surface area contributed by atoms with Crippen molar-refractivity contribution in [3.63, 3.8) is 0 Å². The molecule has 0 spiro atoms. The fourth-order valence-electron chi connectivity index (χ4n) is 2.46. The van der Waals surface area contributed by atoms with E-state index in [1.807, 2.05) is 14.1 Å². The van der Waals surface area contributed by atoms with Gasteiger partial charge in [-0.3, -0.25) is 4.99 Å². The van der Waals surface area contributed by atoms with Crippen molar-refractivity contribution in [2.45, 2.75) is 19.7 Å². The van der Waals surface area contributed by atoms with E-state index in [0.29, 0.717) is 6.61 Å². The van der Waals surface area contributed by atoms with Crippen LogP contribution in [0.3, 0.4) is 0 Å². The Morgan fingerprint density at radius 2 is 1.88 bits per heavy atom. The van der Waals surface area contributed by atoms with Crippen molar-refractivity contribution in [1.82, 2.24) is 14.8 Å². The van der Waals surface area contributed by atoms with E-state index < -0.39 is 0 Å². The fourth-order valence-corrected chi connectivity index (χ4v) is 2.46. The van der Waals surface area contributed by atoms with Gasteiger partial charge >= 0.3 is 0 Å². The number of rotatable bonds is 6. The van der Waals surface area contributed by atoms with Crippen molar-refractivity contribution < 1.29 is 4.74 Å². The maximum absolute atomic E-state index is 5.13. The van der Waals surface area contributed by atoms with Gasteiger partial charge in [-0.25, -0.2) is 0 Å². The number of aliphatic imine (C=N–C) groups is 1. The second-order valence-corrected chi connectivity index (χ2v) is 5.62. The third-order valence-electron chi connectivity index (χ3n) is 3.81. The van der Waals surface area contributed by atoms with Gasteiger partial charge in [0.15, 0.2) is 5.96 Å². The summed E-state index contributed by atoms with van der Waals surface area (Å²) in [6.07, 6.45) is 2.06. The molecular weight excluding hydrogens is 415 g/mol. The van der Waals surface area contributed by atoms with Gasteiger partial charge in [0.2, 0.25) is 0 Å². The van der Waals surface area contributed by atoms with Crippen LogP contribution in [0.4, 0.5) is 0 Å². The van der Waals surface area contributed by atoms with E-state index >= 15 is 0 Å². The number of hydrogen-bond acceptors (Lipinski definition) is 2. The number of aromatic nitrogens is 1. The van der Waals surface area contributed by atoms with Crippen LogP contribution in [-0.4, -0.2) is 36.6 Å². The number of ether oxygens (including phenoxy) is 1. The molecule has 24 heavy (non-hydrogen) atoms. The molecule has 132 valence electrons. The molecule has 0 fully saturated rings. The minimum Gasteiger partial charge on any atom is -0.380 e. The molecule has 5 nitrogen and oxygen atoms in total. The van der Waals surface area contributed by atoms with E-state index in [-0.39, 0.29) is 24.0 Å². The van der Waals surface area contributed by atoms with Crippen molar-refractivity contribution in [2.75, 3.05) is 21.2 Å². The molecule has 1 aromatic heterocycles. The van der Waals surface area contributed by atoms with Gasteiger partial charge < -0.3 is 19.5 Å². The van der Waals surface area contributed by atoms with E-state index in [4.69, 9.17) is 4.74 Å². The maximum atomic E-state index is 5.13. The predicted molar refractivity (Wildman–Crippen MR) is 110 cm³/mol. The zero-order chi connectivity index (χ0) is 16.7. The quantitative estimate of drug-likeness (QED) is 0.425. The average molecular weight is 442 g/mol. The van der Waals surface area contributed by atoms with Gasteiger partial charge in [0.05, 0.1) is 13.2 Å². The maximum Gasteiger partial charge on any atom is 0.194 e. The third-order valence-corrected chi connectivity index (χ3v) is 3.81. The standard InChI is InChI=1S/C18H26N4O.HI/c1-19-18(22(3)13-17-6-5-11-21(17)2)20-12-15-7-9-16(10-8-15)14-23-4;/h5-11H,12-14H2,1-4H3,(H,19,20);1H. The van der Waals surface area contributed by atoms with Gasteiger partial charge in [0, 0.05) is 46.7 Å². The van der Waals surface area contributed by atoms with Crippen LogP contribution in [0, 0.1) is 0 Å². The molecule has 1 heterocycles. The first-order chi connectivity index (χ1) is 11.1. The number of aryl methyl sites for hydroxylation is 1. The molecule has 0 aliphatic heterocycles. The van der Waals surface area contributed by atoms with Crippen molar-refractivity contribution in [3.05, 3.63) is 59.4 Å². The summed E-state index contributed by atoms with van der Waals surface area (Å²) >= 11 is 0. The molecule has 1 N–H and O–H groups in total. The Hall–Kier alpha value is -1.54. The monoisotopic (exact) mass is 442 g/mol. The number of guanidine groups is 1. The molecule has 0 saturated carbocycles. The first-order valence-corrected chi connectivity index (χ1v) is 7.72. The van der Waals surface area contributed by atoms with Crippen LogP contribution in [0.5, 0.6) is 0 Å². The molecule has 2 rings (SSSR count). The van der Waals surface area contributed by atoms with Crippen LogP contribution in [0.2, 0.25) is 0 Å². The molecule has 0 unspecified atom stereocenters. The fraction of sp³-hybridized carbons (Fsp3) is 0.389. The minimum absolute atomic E-state index is 0. The van der Waals surface area contributed by atoms with Gasteiger partial charge in [0.25, 0.3) is 0 Å². The lowest BCUT2D eigenvalue weighted by Gasteiger charge is -2.22. The van der Waals surface area contributed by atoms with Crippen LogP contribution < -0.4 is 5.32 Å². The highest BCUT2D eigenvalue weighted by Gasteiger charge is 2.08. The molecule has 0 saturated heterocycles. The van der Waals surface area contributed by atoms with Crippen LogP contribution >= 0.6 is 24.0 Å². The lowest BCUT2D eigenvalue weighted by atomic mass is 10.1. The second kappa shape index (κ2) is 10.4. The van der Waals surface area contributed by atoms with E-state index in [0.717, 1.165) is 19.0 Å². The lowest BCUT2D eigenvalue weighted by Crippen LogP contribution is -2.38. The molecule has 0 amide bonds. The molecule has 0 aliphatic carbocycles. The Morgan fingerprint density at radius 1 is 1.21 bits per heavy atom. The summed E-state index contributed by atoms with van der Waals surface area (Å²) < 4.78 is 7.25. The zero-order valence-corrected chi connectivity index (χ0v) is 17.2. The van der Waals surface area contributed by atoms with Gasteiger partial charge in [-0.15, -0.1) is 24.0 Å². The highest BCUT2D eigenvalue weighted by Crippen LogP contribution is 2.07. The summed E-state index contributed by atoms with van der Waals surface area (Å²) in [6.45, 7) is 2.21. The number of benzene rings is 1. The van der Waals surface area contributed by atoms with Crippen molar-refractivity contribution in [2.24, 2.45) is 12.0 Å². The average Bonchev–Trinajstić information content (AvgIpc) is 2.95. The molecule has 0 radical (unpaired) electrons. The number of nitrogens with zero attached hydrogens (tertiary/aromatic N) is 3. The van der Waals surface area contributed by atoms with Crippen molar-refractivity contribution in [1.29, 1.82) is 0 Å². The summed E-state index contributed by atoms with van der Waals surface area (Å²) in [5.41, 5.74) is 3.65. The largest absolute Gasteiger partial charge is 0.380 e. The Labute approximate surface area is 161 Å². The first-order valence-electron chi connectivity index (χ1n) is 7.72. The van der Waals surface area contributed by atoms with Crippen molar-refractivity contribution >= 4 is 29.9 Å². The summed E-state index contributed by atoms with van der Waals surface area (Å²) in [6, 6.07) is 12.6. The molecule has 0 aliphatic rings. The molecule has 1 aromatic carbocycles. The predicted octanol–water partition coefficient (Wildman–Crippen LogP) is 3.00. The summed E-state index contributed by atoms with van der Waals surface area (Å²) in [7, 11) is 7.62.